The topological polar surface area (TPSA) is 32.3 Å². The highest BCUT2D eigenvalue weighted by Crippen LogP contribution is 2.27. The molecule has 0 aromatic heterocycles. The predicted molar refractivity (Wildman–Crippen MR) is 64.0 cm³/mol. The summed E-state index contributed by atoms with van der Waals surface area (Å²) in [5.74, 6) is 3.63. The van der Waals surface area contributed by atoms with Crippen LogP contribution in [0.5, 0.6) is 0 Å². The predicted octanol–water partition coefficient (Wildman–Crippen LogP) is 0.807. The minimum atomic E-state index is 0.323. The van der Waals surface area contributed by atoms with E-state index in [0.717, 1.165) is 31.8 Å². The van der Waals surface area contributed by atoms with Crippen molar-refractivity contribution in [2.24, 2.45) is 11.8 Å². The summed E-state index contributed by atoms with van der Waals surface area (Å²) in [6, 6.07) is 0. The van der Waals surface area contributed by atoms with Gasteiger partial charge in [0.15, 0.2) is 0 Å². The van der Waals surface area contributed by atoms with Gasteiger partial charge in [-0.25, -0.2) is 0 Å². The van der Waals surface area contributed by atoms with Crippen molar-refractivity contribution in [3.63, 3.8) is 0 Å². The van der Waals surface area contributed by atoms with Crippen molar-refractivity contribution in [3.8, 4) is 0 Å². The fraction of sp³-hybridized carbons (Fsp3) is 0.909. The normalized spacial score (nSPS) is 31.1. The molecule has 0 aliphatic carbocycles. The Bertz CT molecular complexity index is 229. The lowest BCUT2D eigenvalue weighted by Gasteiger charge is -2.20. The lowest BCUT2D eigenvalue weighted by molar-refractivity contribution is -0.133. The van der Waals surface area contributed by atoms with Crippen molar-refractivity contribution >= 4 is 17.7 Å². The summed E-state index contributed by atoms with van der Waals surface area (Å²) in [5, 5.41) is 3.20. The van der Waals surface area contributed by atoms with Gasteiger partial charge in [0, 0.05) is 24.8 Å². The summed E-state index contributed by atoms with van der Waals surface area (Å²) >= 11 is 1.92. The van der Waals surface area contributed by atoms with E-state index in [1.54, 1.807) is 0 Å². The van der Waals surface area contributed by atoms with E-state index >= 15 is 0 Å². The van der Waals surface area contributed by atoms with Gasteiger partial charge in [0.25, 0.3) is 0 Å². The van der Waals surface area contributed by atoms with Crippen molar-refractivity contribution in [2.45, 2.75) is 12.8 Å². The van der Waals surface area contributed by atoms with E-state index in [9.17, 15) is 4.79 Å². The summed E-state index contributed by atoms with van der Waals surface area (Å²) in [7, 11) is 1.98. The maximum Gasteiger partial charge on any atom is 0.226 e. The van der Waals surface area contributed by atoms with Crippen molar-refractivity contribution in [1.29, 1.82) is 0 Å². The van der Waals surface area contributed by atoms with Gasteiger partial charge in [-0.05, 0) is 38.1 Å². The van der Waals surface area contributed by atoms with Crippen LogP contribution in [0.15, 0.2) is 0 Å². The number of carbonyl (C=O) groups is 1. The molecule has 2 rings (SSSR count). The number of carbonyl (C=O) groups excluding carboxylic acids is 1. The molecule has 0 bridgehead atoms. The number of hydrogen-bond donors (Lipinski definition) is 1. The van der Waals surface area contributed by atoms with Crippen LogP contribution in [0.1, 0.15) is 12.8 Å². The fourth-order valence-electron chi connectivity index (χ4n) is 2.48. The van der Waals surface area contributed by atoms with Crippen molar-refractivity contribution < 1.29 is 4.79 Å². The third-order valence-electron chi connectivity index (χ3n) is 3.37. The summed E-state index contributed by atoms with van der Waals surface area (Å²) in [5.41, 5.74) is 0. The van der Waals surface area contributed by atoms with Crippen molar-refractivity contribution in [1.82, 2.24) is 10.2 Å². The number of nitrogens with zero attached hydrogens (tertiary/aromatic N) is 1. The standard InChI is InChI=1S/C11H20N2OS/c1-12-6-9-2-4-13(7-9)11(14)10-3-5-15-8-10/h9-10,12H,2-8H2,1H3. The second-order valence-corrected chi connectivity index (χ2v) is 5.71. The zero-order chi connectivity index (χ0) is 10.7. The molecular formula is C11H20N2OS. The molecule has 2 atom stereocenters. The van der Waals surface area contributed by atoms with Gasteiger partial charge in [-0.1, -0.05) is 0 Å². The third-order valence-corrected chi connectivity index (χ3v) is 4.53. The number of thioether (sulfide) groups is 1. The zero-order valence-corrected chi connectivity index (χ0v) is 10.2. The highest BCUT2D eigenvalue weighted by molar-refractivity contribution is 7.99. The summed E-state index contributed by atoms with van der Waals surface area (Å²) in [6.45, 7) is 3.00. The monoisotopic (exact) mass is 228 g/mol. The van der Waals surface area contributed by atoms with Crippen LogP contribution >= 0.6 is 11.8 Å². The molecule has 2 heterocycles. The van der Waals surface area contributed by atoms with Gasteiger partial charge in [0.2, 0.25) is 5.91 Å². The first-order valence-corrected chi connectivity index (χ1v) is 6.98. The lowest BCUT2D eigenvalue weighted by atomic mass is 10.1. The highest BCUT2D eigenvalue weighted by Gasteiger charge is 2.32. The quantitative estimate of drug-likeness (QED) is 0.776. The van der Waals surface area contributed by atoms with Gasteiger partial charge >= 0.3 is 0 Å². The molecule has 2 fully saturated rings. The number of amides is 1. The first-order chi connectivity index (χ1) is 7.31. The average molecular weight is 228 g/mol. The SMILES string of the molecule is CNCC1CCN(C(=O)C2CCSC2)C1. The van der Waals surface area contributed by atoms with E-state index in [2.05, 4.69) is 10.2 Å². The molecule has 0 aromatic carbocycles. The Labute approximate surface area is 96.0 Å². The molecule has 2 aliphatic rings. The molecule has 3 nitrogen and oxygen atoms in total. The number of nitrogens with one attached hydrogen (secondary N) is 1. The Morgan fingerprint density at radius 3 is 3.07 bits per heavy atom. The van der Waals surface area contributed by atoms with Crippen LogP contribution < -0.4 is 5.32 Å². The van der Waals surface area contributed by atoms with Crippen LogP contribution in [-0.2, 0) is 4.79 Å². The first kappa shape index (κ1) is 11.3. The summed E-state index contributed by atoms with van der Waals surface area (Å²) in [6.07, 6.45) is 2.27. The van der Waals surface area contributed by atoms with Gasteiger partial charge in [-0.3, -0.25) is 4.79 Å². The summed E-state index contributed by atoms with van der Waals surface area (Å²) < 4.78 is 0. The zero-order valence-electron chi connectivity index (χ0n) is 9.37. The molecular weight excluding hydrogens is 208 g/mol. The van der Waals surface area contributed by atoms with Gasteiger partial charge in [0.05, 0.1) is 0 Å². The Kier molecular flexibility index (Phi) is 3.92. The van der Waals surface area contributed by atoms with Crippen molar-refractivity contribution in [3.05, 3.63) is 0 Å². The molecule has 4 heteroatoms. The second kappa shape index (κ2) is 5.21. The molecule has 15 heavy (non-hydrogen) atoms. The van der Waals surface area contributed by atoms with E-state index in [-0.39, 0.29) is 0 Å². The van der Waals surface area contributed by atoms with Gasteiger partial charge in [-0.2, -0.15) is 11.8 Å². The van der Waals surface area contributed by atoms with Gasteiger partial charge < -0.3 is 10.2 Å². The smallest absolute Gasteiger partial charge is 0.226 e. The van der Waals surface area contributed by atoms with Crippen LogP contribution in [0.3, 0.4) is 0 Å². The molecule has 0 saturated carbocycles. The van der Waals surface area contributed by atoms with Gasteiger partial charge in [0.1, 0.15) is 0 Å². The Morgan fingerprint density at radius 1 is 1.53 bits per heavy atom. The minimum Gasteiger partial charge on any atom is -0.342 e. The third kappa shape index (κ3) is 2.67. The Balaban J connectivity index is 1.81. The molecule has 2 aliphatic heterocycles. The van der Waals surface area contributed by atoms with E-state index in [1.807, 2.05) is 18.8 Å². The van der Waals surface area contributed by atoms with E-state index < -0.39 is 0 Å². The van der Waals surface area contributed by atoms with Crippen LogP contribution in [0, 0.1) is 11.8 Å². The molecule has 2 unspecified atom stereocenters. The van der Waals surface area contributed by atoms with Crippen molar-refractivity contribution in [2.75, 3.05) is 38.2 Å². The Hall–Kier alpha value is -0.220. The number of rotatable bonds is 3. The Morgan fingerprint density at radius 2 is 2.40 bits per heavy atom. The van der Waals surface area contributed by atoms with E-state index in [0.29, 0.717) is 17.7 Å². The van der Waals surface area contributed by atoms with Crippen LogP contribution in [0.4, 0.5) is 0 Å². The largest absolute Gasteiger partial charge is 0.342 e. The summed E-state index contributed by atoms with van der Waals surface area (Å²) in [4.78, 5) is 14.2. The van der Waals surface area contributed by atoms with Crippen LogP contribution in [0.25, 0.3) is 0 Å². The highest BCUT2D eigenvalue weighted by atomic mass is 32.2. The minimum absolute atomic E-state index is 0.323. The maximum atomic E-state index is 12.1. The fourth-order valence-corrected chi connectivity index (χ4v) is 3.69. The average Bonchev–Trinajstić information content (AvgIpc) is 2.87. The number of hydrogen-bond acceptors (Lipinski definition) is 3. The first-order valence-electron chi connectivity index (χ1n) is 5.82. The van der Waals surface area contributed by atoms with Crippen LogP contribution in [-0.4, -0.2) is 49.0 Å². The molecule has 2 saturated heterocycles. The van der Waals surface area contributed by atoms with E-state index in [4.69, 9.17) is 0 Å². The molecule has 0 aromatic rings. The molecule has 1 N–H and O–H groups in total. The number of likely N-dealkylation sites (tertiary alicyclic amines) is 1. The van der Waals surface area contributed by atoms with Gasteiger partial charge in [-0.15, -0.1) is 0 Å². The molecule has 86 valence electrons. The maximum absolute atomic E-state index is 12.1. The van der Waals surface area contributed by atoms with Crippen LogP contribution in [0.2, 0.25) is 0 Å². The molecule has 0 radical (unpaired) electrons. The lowest BCUT2D eigenvalue weighted by Crippen LogP contribution is -2.35. The molecule has 0 spiro atoms. The second-order valence-electron chi connectivity index (χ2n) is 4.56. The molecule has 1 amide bonds. The van der Waals surface area contributed by atoms with E-state index in [1.165, 1.54) is 12.2 Å².